The van der Waals surface area contributed by atoms with Crippen molar-refractivity contribution in [3.63, 3.8) is 0 Å². The molecule has 0 aromatic carbocycles. The van der Waals surface area contributed by atoms with Gasteiger partial charge in [-0.15, -0.1) is 0 Å². The van der Waals surface area contributed by atoms with Crippen LogP contribution in [0, 0.1) is 0 Å². The zero-order chi connectivity index (χ0) is 9.26. The third-order valence-corrected chi connectivity index (χ3v) is 2.06. The molecule has 0 aliphatic heterocycles. The topological polar surface area (TPSA) is 34.9 Å². The molecule has 3 nitrogen and oxygen atoms in total. The molecule has 1 aliphatic rings. The van der Waals surface area contributed by atoms with Crippen molar-refractivity contribution in [1.29, 1.82) is 0 Å². The van der Waals surface area contributed by atoms with E-state index >= 15 is 0 Å². The van der Waals surface area contributed by atoms with Crippen molar-refractivity contribution in [3.05, 3.63) is 39.8 Å². The minimum Gasteiger partial charge on any atom is -0.267 e. The van der Waals surface area contributed by atoms with E-state index < -0.39 is 0 Å². The van der Waals surface area contributed by atoms with Crippen molar-refractivity contribution in [1.82, 2.24) is 9.78 Å². The molecule has 1 aromatic heterocycles. The molecule has 0 radical (unpaired) electrons. The Morgan fingerprint density at radius 3 is 3.00 bits per heavy atom. The molecule has 1 aliphatic carbocycles. The summed E-state index contributed by atoms with van der Waals surface area (Å²) in [6, 6.07) is 0. The van der Waals surface area contributed by atoms with Crippen LogP contribution in [0.2, 0.25) is 0 Å². The average molecular weight is 174 g/mol. The SMILES string of the molecule is Cn1ncc2c(c1=O)C=CCC=C2. The summed E-state index contributed by atoms with van der Waals surface area (Å²) in [5.74, 6) is 0. The quantitative estimate of drug-likeness (QED) is 0.592. The first-order valence-corrected chi connectivity index (χ1v) is 4.18. The molecular weight excluding hydrogens is 164 g/mol. The van der Waals surface area contributed by atoms with E-state index in [0.717, 1.165) is 17.5 Å². The highest BCUT2D eigenvalue weighted by molar-refractivity contribution is 5.65. The molecule has 3 heteroatoms. The number of fused-ring (bicyclic) bond motifs is 1. The largest absolute Gasteiger partial charge is 0.274 e. The first-order valence-electron chi connectivity index (χ1n) is 4.18. The van der Waals surface area contributed by atoms with Crippen LogP contribution in [0.1, 0.15) is 17.5 Å². The van der Waals surface area contributed by atoms with Crippen LogP contribution >= 0.6 is 0 Å². The van der Waals surface area contributed by atoms with Crippen molar-refractivity contribution >= 4 is 12.2 Å². The third-order valence-electron chi connectivity index (χ3n) is 2.06. The number of aryl methyl sites for hydroxylation is 1. The Kier molecular flexibility index (Phi) is 1.85. The summed E-state index contributed by atoms with van der Waals surface area (Å²) in [4.78, 5) is 11.6. The van der Waals surface area contributed by atoms with E-state index in [1.54, 1.807) is 13.2 Å². The fourth-order valence-corrected chi connectivity index (χ4v) is 1.33. The van der Waals surface area contributed by atoms with Crippen LogP contribution < -0.4 is 5.56 Å². The Morgan fingerprint density at radius 2 is 2.15 bits per heavy atom. The van der Waals surface area contributed by atoms with Gasteiger partial charge in [-0.05, 0) is 6.42 Å². The molecule has 0 saturated carbocycles. The summed E-state index contributed by atoms with van der Waals surface area (Å²) in [7, 11) is 1.66. The molecule has 1 heterocycles. The minimum absolute atomic E-state index is 0.0414. The van der Waals surface area contributed by atoms with Crippen molar-refractivity contribution in [2.45, 2.75) is 6.42 Å². The van der Waals surface area contributed by atoms with Gasteiger partial charge in [-0.25, -0.2) is 4.68 Å². The first-order chi connectivity index (χ1) is 6.29. The number of nitrogens with zero attached hydrogens (tertiary/aromatic N) is 2. The summed E-state index contributed by atoms with van der Waals surface area (Å²) in [5, 5.41) is 3.95. The van der Waals surface area contributed by atoms with Gasteiger partial charge in [0, 0.05) is 18.2 Å². The summed E-state index contributed by atoms with van der Waals surface area (Å²) < 4.78 is 1.35. The van der Waals surface area contributed by atoms with Gasteiger partial charge in [0.1, 0.15) is 0 Å². The molecule has 1 aromatic rings. The molecule has 66 valence electrons. The van der Waals surface area contributed by atoms with Gasteiger partial charge in [0.05, 0.1) is 6.20 Å². The maximum absolute atomic E-state index is 11.6. The lowest BCUT2D eigenvalue weighted by Crippen LogP contribution is -2.22. The summed E-state index contributed by atoms with van der Waals surface area (Å²) in [5.41, 5.74) is 1.59. The van der Waals surface area contributed by atoms with E-state index in [1.807, 2.05) is 24.3 Å². The maximum Gasteiger partial charge on any atom is 0.274 e. The second-order valence-corrected chi connectivity index (χ2v) is 2.98. The lowest BCUT2D eigenvalue weighted by Gasteiger charge is -2.00. The first kappa shape index (κ1) is 7.98. The highest BCUT2D eigenvalue weighted by Gasteiger charge is 2.05. The second kappa shape index (κ2) is 3.01. The molecule has 0 amide bonds. The molecule has 0 N–H and O–H groups in total. The number of allylic oxidation sites excluding steroid dienone is 2. The van der Waals surface area contributed by atoms with Crippen molar-refractivity contribution in [3.8, 4) is 0 Å². The predicted octanol–water partition coefficient (Wildman–Crippen LogP) is 1.21. The van der Waals surface area contributed by atoms with Gasteiger partial charge in [0.15, 0.2) is 0 Å². The van der Waals surface area contributed by atoms with Gasteiger partial charge >= 0.3 is 0 Å². The van der Waals surface area contributed by atoms with Gasteiger partial charge < -0.3 is 0 Å². The van der Waals surface area contributed by atoms with Crippen molar-refractivity contribution in [2.24, 2.45) is 7.05 Å². The smallest absolute Gasteiger partial charge is 0.267 e. The molecule has 0 atom stereocenters. The monoisotopic (exact) mass is 174 g/mol. The zero-order valence-corrected chi connectivity index (χ0v) is 7.40. The Bertz CT molecular complexity index is 441. The molecule has 0 fully saturated rings. The molecule has 0 bridgehead atoms. The Hall–Kier alpha value is -1.64. The molecule has 0 saturated heterocycles. The molecule has 13 heavy (non-hydrogen) atoms. The van der Waals surface area contributed by atoms with Crippen LogP contribution in [0.5, 0.6) is 0 Å². The fraction of sp³-hybridized carbons (Fsp3) is 0.200. The van der Waals surface area contributed by atoms with E-state index in [4.69, 9.17) is 0 Å². The number of hydrogen-bond donors (Lipinski definition) is 0. The lowest BCUT2D eigenvalue weighted by atomic mass is 10.1. The third kappa shape index (κ3) is 1.33. The summed E-state index contributed by atoms with van der Waals surface area (Å²) >= 11 is 0. The van der Waals surface area contributed by atoms with Crippen molar-refractivity contribution in [2.75, 3.05) is 0 Å². The second-order valence-electron chi connectivity index (χ2n) is 2.98. The van der Waals surface area contributed by atoms with Gasteiger partial charge in [-0.2, -0.15) is 5.10 Å². The number of aromatic nitrogens is 2. The molecular formula is C10H10N2O. The predicted molar refractivity (Wildman–Crippen MR) is 52.2 cm³/mol. The standard InChI is InChI=1S/C10H10N2O/c1-12-10(13)9-6-4-2-3-5-8(9)7-11-12/h3-7H,2H2,1H3. The van der Waals surface area contributed by atoms with Gasteiger partial charge in [0.25, 0.3) is 5.56 Å². The zero-order valence-electron chi connectivity index (χ0n) is 7.40. The maximum atomic E-state index is 11.6. The normalized spacial score (nSPS) is 13.9. The molecule has 2 rings (SSSR count). The van der Waals surface area contributed by atoms with Gasteiger partial charge in [0.2, 0.25) is 0 Å². The van der Waals surface area contributed by atoms with Crippen LogP contribution in [-0.2, 0) is 7.05 Å². The Morgan fingerprint density at radius 1 is 1.38 bits per heavy atom. The molecule has 0 spiro atoms. The van der Waals surface area contributed by atoms with Gasteiger partial charge in [-0.3, -0.25) is 4.79 Å². The van der Waals surface area contributed by atoms with E-state index in [1.165, 1.54) is 4.68 Å². The molecule has 0 unspecified atom stereocenters. The summed E-state index contributed by atoms with van der Waals surface area (Å²) in [6.07, 6.45) is 10.4. The Labute approximate surface area is 76.0 Å². The number of rotatable bonds is 0. The van der Waals surface area contributed by atoms with Crippen molar-refractivity contribution < 1.29 is 0 Å². The minimum atomic E-state index is -0.0414. The average Bonchev–Trinajstić information content (AvgIpc) is 2.36. The van der Waals surface area contributed by atoms with Crippen LogP contribution in [0.15, 0.2) is 23.1 Å². The van der Waals surface area contributed by atoms with Crippen LogP contribution in [0.25, 0.3) is 12.2 Å². The van der Waals surface area contributed by atoms with Crippen LogP contribution in [0.3, 0.4) is 0 Å². The van der Waals surface area contributed by atoms with Gasteiger partial charge in [-0.1, -0.05) is 24.3 Å². The van der Waals surface area contributed by atoms with E-state index in [9.17, 15) is 4.79 Å². The highest BCUT2D eigenvalue weighted by atomic mass is 16.1. The van der Waals surface area contributed by atoms with E-state index in [-0.39, 0.29) is 5.56 Å². The highest BCUT2D eigenvalue weighted by Crippen LogP contribution is 2.11. The lowest BCUT2D eigenvalue weighted by molar-refractivity contribution is 0.704. The van der Waals surface area contributed by atoms with Crippen LogP contribution in [-0.4, -0.2) is 9.78 Å². The summed E-state index contributed by atoms with van der Waals surface area (Å²) in [6.45, 7) is 0. The fourth-order valence-electron chi connectivity index (χ4n) is 1.33. The van der Waals surface area contributed by atoms with E-state index in [0.29, 0.717) is 0 Å². The van der Waals surface area contributed by atoms with E-state index in [2.05, 4.69) is 5.10 Å². The van der Waals surface area contributed by atoms with Crippen LogP contribution in [0.4, 0.5) is 0 Å². The Balaban J connectivity index is 2.76. The number of hydrogen-bond acceptors (Lipinski definition) is 2.